The van der Waals surface area contributed by atoms with Crippen LogP contribution in [0, 0.1) is 5.82 Å². The van der Waals surface area contributed by atoms with Gasteiger partial charge in [-0.1, -0.05) is 24.3 Å². The normalized spacial score (nSPS) is 20.6. The third kappa shape index (κ3) is 7.54. The second kappa shape index (κ2) is 15.4. The molecule has 3 fully saturated rings. The second-order valence-corrected chi connectivity index (χ2v) is 16.4. The van der Waals surface area contributed by atoms with Gasteiger partial charge in [-0.2, -0.15) is 0 Å². The third-order valence-electron chi connectivity index (χ3n) is 12.0. The minimum atomic E-state index is -0.605. The predicted octanol–water partition coefficient (Wildman–Crippen LogP) is 4.09. The van der Waals surface area contributed by atoms with Crippen molar-refractivity contribution < 1.29 is 28.4 Å². The largest absolute Gasteiger partial charge is 0.371 e. The molecule has 0 radical (unpaired) electrons. The van der Waals surface area contributed by atoms with Gasteiger partial charge in [-0.3, -0.25) is 39.1 Å². The van der Waals surface area contributed by atoms with Crippen molar-refractivity contribution in [1.82, 2.24) is 29.9 Å². The highest BCUT2D eigenvalue weighted by molar-refractivity contribution is 7.13. The molecule has 1 atom stereocenters. The van der Waals surface area contributed by atoms with Gasteiger partial charge in [0.15, 0.2) is 5.13 Å². The number of thiazole rings is 1. The van der Waals surface area contributed by atoms with Crippen LogP contribution in [0.1, 0.15) is 63.1 Å². The number of fused-ring (bicyclic) bond motifs is 2. The van der Waals surface area contributed by atoms with Crippen LogP contribution in [0.15, 0.2) is 66.2 Å². The summed E-state index contributed by atoms with van der Waals surface area (Å²) in [6, 6.07) is 17.2. The van der Waals surface area contributed by atoms with Crippen LogP contribution in [0.2, 0.25) is 0 Å². The SMILES string of the molecule is O=C1CCC(N2Cc3cc(CN4CCN(C5CCN(c6ccc(-c7cc(F)c8c(c7)C(=O)N(CC(=O)Nc7nccs7)C8)cc6)CC5)CC4)ccc3C2=O)C(=O)N1. The highest BCUT2D eigenvalue weighted by atomic mass is 32.1. The summed E-state index contributed by atoms with van der Waals surface area (Å²) in [5, 5.41) is 7.24. The van der Waals surface area contributed by atoms with Crippen LogP contribution in [0.5, 0.6) is 0 Å². The van der Waals surface area contributed by atoms with Gasteiger partial charge in [0, 0.05) is 98.8 Å². The van der Waals surface area contributed by atoms with E-state index in [1.54, 1.807) is 22.5 Å². The average molecular weight is 791 g/mol. The highest BCUT2D eigenvalue weighted by Crippen LogP contribution is 2.33. The van der Waals surface area contributed by atoms with Crippen molar-refractivity contribution in [1.29, 1.82) is 0 Å². The molecule has 15 heteroatoms. The first kappa shape index (κ1) is 37.1. The lowest BCUT2D eigenvalue weighted by Crippen LogP contribution is -2.53. The van der Waals surface area contributed by atoms with Gasteiger partial charge in [0.05, 0.1) is 6.54 Å². The monoisotopic (exact) mass is 790 g/mol. The van der Waals surface area contributed by atoms with Crippen molar-refractivity contribution in [2.24, 2.45) is 0 Å². The minimum absolute atomic E-state index is 0.0470. The van der Waals surface area contributed by atoms with Crippen LogP contribution < -0.4 is 15.5 Å². The first-order valence-corrected chi connectivity index (χ1v) is 20.4. The van der Waals surface area contributed by atoms with E-state index in [0.29, 0.717) is 46.4 Å². The Morgan fingerprint density at radius 2 is 1.65 bits per heavy atom. The van der Waals surface area contributed by atoms with Crippen molar-refractivity contribution >= 4 is 51.7 Å². The van der Waals surface area contributed by atoms with Crippen LogP contribution in [-0.4, -0.2) is 112 Å². The first-order valence-electron chi connectivity index (χ1n) is 19.6. The van der Waals surface area contributed by atoms with Gasteiger partial charge in [-0.05, 0) is 71.8 Å². The summed E-state index contributed by atoms with van der Waals surface area (Å²) in [5.74, 6) is -2.01. The minimum Gasteiger partial charge on any atom is -0.371 e. The molecule has 0 spiro atoms. The van der Waals surface area contributed by atoms with Crippen molar-refractivity contribution in [3.05, 3.63) is 99.8 Å². The van der Waals surface area contributed by atoms with E-state index >= 15 is 4.39 Å². The van der Waals surface area contributed by atoms with Gasteiger partial charge in [0.25, 0.3) is 11.8 Å². The maximum absolute atomic E-state index is 15.3. The number of piperidine rings is 2. The number of halogens is 1. The number of nitrogens with one attached hydrogen (secondary N) is 2. The smallest absolute Gasteiger partial charge is 0.255 e. The molecule has 1 aromatic heterocycles. The number of rotatable bonds is 9. The molecule has 3 aromatic carbocycles. The molecule has 0 aliphatic carbocycles. The predicted molar refractivity (Wildman–Crippen MR) is 212 cm³/mol. The maximum atomic E-state index is 15.3. The Bertz CT molecular complexity index is 2230. The van der Waals surface area contributed by atoms with Crippen molar-refractivity contribution in [3.8, 4) is 11.1 Å². The molecular formula is C42H43FN8O5S. The fraction of sp³-hybridized carbons (Fsp3) is 0.381. The van der Waals surface area contributed by atoms with Crippen LogP contribution in [-0.2, 0) is 34.0 Å². The molecule has 5 aliphatic rings. The van der Waals surface area contributed by atoms with Crippen molar-refractivity contribution in [2.75, 3.05) is 56.0 Å². The number of amides is 5. The van der Waals surface area contributed by atoms with Gasteiger partial charge < -0.3 is 20.0 Å². The third-order valence-corrected chi connectivity index (χ3v) is 12.7. The fourth-order valence-electron chi connectivity index (χ4n) is 8.96. The summed E-state index contributed by atoms with van der Waals surface area (Å²) >= 11 is 1.29. The average Bonchev–Trinajstić information content (AvgIpc) is 3.93. The second-order valence-electron chi connectivity index (χ2n) is 15.5. The number of nitrogens with zero attached hydrogens (tertiary/aromatic N) is 6. The number of imide groups is 1. The van der Waals surface area contributed by atoms with Gasteiger partial charge in [-0.15, -0.1) is 11.3 Å². The first-order chi connectivity index (χ1) is 27.7. The lowest BCUT2D eigenvalue weighted by molar-refractivity contribution is -0.137. The van der Waals surface area contributed by atoms with Gasteiger partial charge >= 0.3 is 0 Å². The molecule has 6 heterocycles. The zero-order valence-corrected chi connectivity index (χ0v) is 32.2. The summed E-state index contributed by atoms with van der Waals surface area (Å²) in [7, 11) is 0. The molecule has 5 amide bonds. The Morgan fingerprint density at radius 1 is 0.860 bits per heavy atom. The Kier molecular flexibility index (Phi) is 10.0. The van der Waals surface area contributed by atoms with E-state index in [9.17, 15) is 24.0 Å². The molecule has 9 rings (SSSR count). The number of aromatic nitrogens is 1. The number of carbonyl (C=O) groups excluding carboxylic acids is 5. The number of benzene rings is 3. The summed E-state index contributed by atoms with van der Waals surface area (Å²) in [5.41, 5.74) is 5.91. The molecule has 294 valence electrons. The molecule has 2 N–H and O–H groups in total. The summed E-state index contributed by atoms with van der Waals surface area (Å²) in [6.07, 6.45) is 4.33. The van der Waals surface area contributed by atoms with E-state index < -0.39 is 17.8 Å². The van der Waals surface area contributed by atoms with E-state index in [2.05, 4.69) is 48.5 Å². The number of anilines is 2. The van der Waals surface area contributed by atoms with Crippen LogP contribution in [0.25, 0.3) is 11.1 Å². The molecule has 13 nitrogen and oxygen atoms in total. The standard InChI is InChI=1S/C42H43FN8O5S/c43-35-21-28(20-33-34(35)24-50(40(33)55)25-38(53)46-42-44-11-18-57-42)27-2-4-30(5-3-27)48-12-9-31(10-13-48)49-16-14-47(15-17-49)22-26-1-6-32-29(19-26)23-51(41(32)56)36-7-8-37(52)45-39(36)54/h1-6,11,18-21,31,36H,7-10,12-17,22-25H2,(H,44,46,53)(H,45,52,54). The van der Waals surface area contributed by atoms with Crippen molar-refractivity contribution in [2.45, 2.75) is 57.4 Å². The van der Waals surface area contributed by atoms with Crippen LogP contribution in [0.4, 0.5) is 15.2 Å². The summed E-state index contributed by atoms with van der Waals surface area (Å²) < 4.78 is 15.3. The number of piperazine rings is 1. The Labute approximate surface area is 333 Å². The molecule has 57 heavy (non-hydrogen) atoms. The van der Waals surface area contributed by atoms with E-state index in [0.717, 1.165) is 81.0 Å². The van der Waals surface area contributed by atoms with E-state index in [1.165, 1.54) is 22.3 Å². The van der Waals surface area contributed by atoms with Gasteiger partial charge in [0.1, 0.15) is 18.4 Å². The summed E-state index contributed by atoms with van der Waals surface area (Å²) in [6.45, 7) is 6.90. The van der Waals surface area contributed by atoms with E-state index in [4.69, 9.17) is 0 Å². The number of hydrogen-bond donors (Lipinski definition) is 2. The molecule has 1 unspecified atom stereocenters. The Morgan fingerprint density at radius 3 is 2.39 bits per heavy atom. The lowest BCUT2D eigenvalue weighted by Gasteiger charge is -2.43. The lowest BCUT2D eigenvalue weighted by atomic mass is 9.98. The molecule has 4 aromatic rings. The summed E-state index contributed by atoms with van der Waals surface area (Å²) in [4.78, 5) is 77.3. The molecule has 0 saturated carbocycles. The van der Waals surface area contributed by atoms with Gasteiger partial charge in [0.2, 0.25) is 17.7 Å². The maximum Gasteiger partial charge on any atom is 0.255 e. The van der Waals surface area contributed by atoms with Gasteiger partial charge in [-0.25, -0.2) is 9.37 Å². The molecule has 5 aliphatic heterocycles. The van der Waals surface area contributed by atoms with E-state index in [1.807, 2.05) is 24.3 Å². The van der Waals surface area contributed by atoms with Crippen LogP contribution in [0.3, 0.4) is 0 Å². The van der Waals surface area contributed by atoms with Crippen molar-refractivity contribution in [3.63, 3.8) is 0 Å². The molecular weight excluding hydrogens is 748 g/mol. The Hall–Kier alpha value is -5.51. The topological polar surface area (TPSA) is 138 Å². The fourth-order valence-corrected chi connectivity index (χ4v) is 9.50. The number of carbonyl (C=O) groups is 5. The Balaban J connectivity index is 0.745. The molecule has 0 bridgehead atoms. The molecule has 3 saturated heterocycles. The zero-order chi connectivity index (χ0) is 39.2. The quantitative estimate of drug-likeness (QED) is 0.240. The number of hydrogen-bond acceptors (Lipinski definition) is 10. The zero-order valence-electron chi connectivity index (χ0n) is 31.4. The van der Waals surface area contributed by atoms with E-state index in [-0.39, 0.29) is 43.1 Å². The van der Waals surface area contributed by atoms with Crippen LogP contribution >= 0.6 is 11.3 Å². The highest BCUT2D eigenvalue weighted by Gasteiger charge is 2.39.